The monoisotopic (exact) mass is 273 g/mol. The van der Waals surface area contributed by atoms with E-state index >= 15 is 0 Å². The Balaban J connectivity index is 1.55. The summed E-state index contributed by atoms with van der Waals surface area (Å²) in [4.78, 5) is 11.7. The second-order valence-electron chi connectivity index (χ2n) is 5.12. The zero-order valence-corrected chi connectivity index (χ0v) is 11.9. The molecule has 0 bridgehead atoms. The molecule has 1 aromatic carbocycles. The van der Waals surface area contributed by atoms with Crippen LogP contribution in [0.5, 0.6) is 5.75 Å². The summed E-state index contributed by atoms with van der Waals surface area (Å²) in [6.07, 6.45) is 8.74. The lowest BCUT2D eigenvalue weighted by atomic mass is 9.97. The van der Waals surface area contributed by atoms with E-state index in [1.165, 1.54) is 31.3 Å². The highest BCUT2D eigenvalue weighted by Gasteiger charge is 2.05. The van der Waals surface area contributed by atoms with E-state index < -0.39 is 0 Å². The zero-order chi connectivity index (χ0) is 14.0. The van der Waals surface area contributed by atoms with E-state index in [1.807, 2.05) is 30.3 Å². The van der Waals surface area contributed by atoms with Crippen LogP contribution in [0.3, 0.4) is 0 Å². The number of amides is 1. The molecule has 108 valence electrons. The quantitative estimate of drug-likeness (QED) is 0.773. The first-order valence-corrected chi connectivity index (χ1v) is 7.47. The average molecular weight is 273 g/mol. The van der Waals surface area contributed by atoms with E-state index in [-0.39, 0.29) is 5.91 Å². The van der Waals surface area contributed by atoms with Crippen molar-refractivity contribution in [2.75, 3.05) is 13.2 Å². The lowest BCUT2D eigenvalue weighted by Crippen LogP contribution is -2.26. The molecular weight excluding hydrogens is 250 g/mol. The summed E-state index contributed by atoms with van der Waals surface area (Å²) in [5, 5.41) is 2.96. The SMILES string of the molecule is O=C(CCOc1ccccc1)NCCC1=CCCCC1. The lowest BCUT2D eigenvalue weighted by molar-refractivity contribution is -0.121. The van der Waals surface area contributed by atoms with Gasteiger partial charge in [0.1, 0.15) is 5.75 Å². The third kappa shape index (κ3) is 5.47. The molecule has 0 heterocycles. The highest BCUT2D eigenvalue weighted by molar-refractivity contribution is 5.75. The van der Waals surface area contributed by atoms with E-state index in [4.69, 9.17) is 4.74 Å². The summed E-state index contributed by atoms with van der Waals surface area (Å²) in [6.45, 7) is 1.18. The Kier molecular flexibility index (Phi) is 6.15. The number of ether oxygens (including phenoxy) is 1. The van der Waals surface area contributed by atoms with Crippen LogP contribution in [0.15, 0.2) is 42.0 Å². The molecule has 1 aromatic rings. The Morgan fingerprint density at radius 3 is 2.80 bits per heavy atom. The number of benzene rings is 1. The van der Waals surface area contributed by atoms with Crippen molar-refractivity contribution in [2.24, 2.45) is 0 Å². The minimum Gasteiger partial charge on any atom is -0.493 e. The van der Waals surface area contributed by atoms with Crippen LogP contribution < -0.4 is 10.1 Å². The first-order valence-electron chi connectivity index (χ1n) is 7.47. The van der Waals surface area contributed by atoms with Crippen LogP contribution >= 0.6 is 0 Å². The molecule has 0 aliphatic heterocycles. The highest BCUT2D eigenvalue weighted by atomic mass is 16.5. The van der Waals surface area contributed by atoms with Gasteiger partial charge in [-0.05, 0) is 44.2 Å². The van der Waals surface area contributed by atoms with Gasteiger partial charge in [-0.1, -0.05) is 29.8 Å². The molecule has 0 saturated carbocycles. The number of hydrogen-bond donors (Lipinski definition) is 1. The van der Waals surface area contributed by atoms with Gasteiger partial charge in [0.25, 0.3) is 0 Å². The van der Waals surface area contributed by atoms with Crippen molar-refractivity contribution in [3.63, 3.8) is 0 Å². The number of allylic oxidation sites excluding steroid dienone is 1. The van der Waals surface area contributed by atoms with Gasteiger partial charge >= 0.3 is 0 Å². The molecule has 0 radical (unpaired) electrons. The van der Waals surface area contributed by atoms with Gasteiger partial charge in [0.2, 0.25) is 5.91 Å². The third-order valence-corrected chi connectivity index (χ3v) is 3.49. The van der Waals surface area contributed by atoms with E-state index in [0.29, 0.717) is 13.0 Å². The van der Waals surface area contributed by atoms with E-state index in [2.05, 4.69) is 11.4 Å². The average Bonchev–Trinajstić information content (AvgIpc) is 2.49. The van der Waals surface area contributed by atoms with Gasteiger partial charge in [-0.25, -0.2) is 0 Å². The third-order valence-electron chi connectivity index (χ3n) is 3.49. The van der Waals surface area contributed by atoms with E-state index in [0.717, 1.165) is 18.7 Å². The lowest BCUT2D eigenvalue weighted by Gasteiger charge is -2.13. The fraction of sp³-hybridized carbons (Fsp3) is 0.471. The molecule has 0 unspecified atom stereocenters. The van der Waals surface area contributed by atoms with Crippen molar-refractivity contribution in [2.45, 2.75) is 38.5 Å². The molecule has 3 heteroatoms. The molecule has 1 N–H and O–H groups in total. The van der Waals surface area contributed by atoms with Crippen LogP contribution in [-0.4, -0.2) is 19.1 Å². The summed E-state index contributed by atoms with van der Waals surface area (Å²) in [5.41, 5.74) is 1.50. The van der Waals surface area contributed by atoms with Crippen molar-refractivity contribution >= 4 is 5.91 Å². The van der Waals surface area contributed by atoms with Gasteiger partial charge in [0.15, 0.2) is 0 Å². The standard InChI is InChI=1S/C17H23NO2/c19-17(12-14-20-16-9-5-2-6-10-16)18-13-11-15-7-3-1-4-8-15/h2,5-7,9-10H,1,3-4,8,11-14H2,(H,18,19). The van der Waals surface area contributed by atoms with E-state index in [9.17, 15) is 4.79 Å². The zero-order valence-electron chi connectivity index (χ0n) is 11.9. The minimum atomic E-state index is 0.0670. The Morgan fingerprint density at radius 1 is 1.20 bits per heavy atom. The summed E-state index contributed by atoms with van der Waals surface area (Å²) in [6, 6.07) is 9.58. The van der Waals surface area contributed by atoms with E-state index in [1.54, 1.807) is 0 Å². The molecule has 0 spiro atoms. The Morgan fingerprint density at radius 2 is 2.05 bits per heavy atom. The van der Waals surface area contributed by atoms with Crippen molar-refractivity contribution in [1.82, 2.24) is 5.32 Å². The Labute approximate surface area is 121 Å². The topological polar surface area (TPSA) is 38.3 Å². The van der Waals surface area contributed by atoms with Crippen LogP contribution in [0.2, 0.25) is 0 Å². The second kappa shape index (κ2) is 8.41. The van der Waals surface area contributed by atoms with Crippen LogP contribution in [0.25, 0.3) is 0 Å². The molecular formula is C17H23NO2. The van der Waals surface area contributed by atoms with Crippen LogP contribution in [0.1, 0.15) is 38.5 Å². The number of carbonyl (C=O) groups is 1. The molecule has 2 rings (SSSR count). The summed E-state index contributed by atoms with van der Waals surface area (Å²) in [5.74, 6) is 0.880. The maximum atomic E-state index is 11.7. The maximum Gasteiger partial charge on any atom is 0.223 e. The maximum absolute atomic E-state index is 11.7. The predicted molar refractivity (Wildman–Crippen MR) is 80.7 cm³/mol. The fourth-order valence-electron chi connectivity index (χ4n) is 2.36. The van der Waals surface area contributed by atoms with Crippen molar-refractivity contribution in [3.8, 4) is 5.75 Å². The highest BCUT2D eigenvalue weighted by Crippen LogP contribution is 2.19. The van der Waals surface area contributed by atoms with Crippen LogP contribution in [0, 0.1) is 0 Å². The first-order chi connectivity index (χ1) is 9.84. The molecule has 0 fully saturated rings. The molecule has 1 aliphatic carbocycles. The van der Waals surface area contributed by atoms with Gasteiger partial charge in [-0.2, -0.15) is 0 Å². The minimum absolute atomic E-state index is 0.0670. The molecule has 0 aromatic heterocycles. The predicted octanol–water partition coefficient (Wildman–Crippen LogP) is 3.46. The smallest absolute Gasteiger partial charge is 0.223 e. The molecule has 0 atom stereocenters. The van der Waals surface area contributed by atoms with Gasteiger partial charge in [0.05, 0.1) is 13.0 Å². The van der Waals surface area contributed by atoms with Gasteiger partial charge in [-0.3, -0.25) is 4.79 Å². The number of rotatable bonds is 7. The Bertz CT molecular complexity index is 440. The van der Waals surface area contributed by atoms with Gasteiger partial charge in [-0.15, -0.1) is 0 Å². The van der Waals surface area contributed by atoms with Crippen LogP contribution in [-0.2, 0) is 4.79 Å². The number of hydrogen-bond acceptors (Lipinski definition) is 2. The number of para-hydroxylation sites is 1. The Hall–Kier alpha value is -1.77. The van der Waals surface area contributed by atoms with Crippen molar-refractivity contribution < 1.29 is 9.53 Å². The molecule has 20 heavy (non-hydrogen) atoms. The van der Waals surface area contributed by atoms with Crippen molar-refractivity contribution in [1.29, 1.82) is 0 Å². The first kappa shape index (κ1) is 14.6. The molecule has 1 amide bonds. The summed E-state index contributed by atoms with van der Waals surface area (Å²) < 4.78 is 5.50. The second-order valence-corrected chi connectivity index (χ2v) is 5.12. The summed E-state index contributed by atoms with van der Waals surface area (Å²) >= 11 is 0. The van der Waals surface area contributed by atoms with Crippen LogP contribution in [0.4, 0.5) is 0 Å². The summed E-state index contributed by atoms with van der Waals surface area (Å²) in [7, 11) is 0. The number of nitrogens with one attached hydrogen (secondary N) is 1. The fourth-order valence-corrected chi connectivity index (χ4v) is 2.36. The molecule has 0 saturated heterocycles. The number of carbonyl (C=O) groups excluding carboxylic acids is 1. The van der Waals surface area contributed by atoms with Gasteiger partial charge < -0.3 is 10.1 Å². The molecule has 3 nitrogen and oxygen atoms in total. The molecule has 1 aliphatic rings. The van der Waals surface area contributed by atoms with Gasteiger partial charge in [0, 0.05) is 6.54 Å². The largest absolute Gasteiger partial charge is 0.493 e. The van der Waals surface area contributed by atoms with Crippen molar-refractivity contribution in [3.05, 3.63) is 42.0 Å². The normalized spacial score (nSPS) is 14.5.